The third-order valence-corrected chi connectivity index (χ3v) is 1.61. The minimum absolute atomic E-state index is 0.0926. The molecule has 0 fully saturated rings. The Hall–Kier alpha value is -1.45. The number of nitrogens with zero attached hydrogens (tertiary/aromatic N) is 2. The van der Waals surface area contributed by atoms with Crippen molar-refractivity contribution in [2.45, 2.75) is 12.8 Å². The fraction of sp³-hybridized carbons (Fsp3) is 0.286. The van der Waals surface area contributed by atoms with Gasteiger partial charge in [0.1, 0.15) is 5.69 Å². The summed E-state index contributed by atoms with van der Waals surface area (Å²) in [6.07, 6.45) is 4.46. The molecule has 1 aliphatic rings. The summed E-state index contributed by atoms with van der Waals surface area (Å²) in [5.74, 6) is 0.613. The molecule has 2 rings (SSSR count). The van der Waals surface area contributed by atoms with Crippen LogP contribution in [0.4, 0.5) is 5.82 Å². The van der Waals surface area contributed by atoms with Crippen molar-refractivity contribution in [1.82, 2.24) is 9.97 Å². The second kappa shape index (κ2) is 2.30. The number of carbonyl (C=O) groups is 1. The number of aliphatic imine (C=N–C) groups is 1. The number of carbonyl (C=O) groups excluding carboxylic acids is 1. The number of hydrogen-bond acceptors (Lipinski definition) is 3. The largest absolute Gasteiger partial charge is 0.340 e. The number of nitrogens with one attached hydrogen (secondary N) is 1. The Bertz CT molecular complexity index is 313. The van der Waals surface area contributed by atoms with E-state index in [1.165, 1.54) is 6.33 Å². The lowest BCUT2D eigenvalue weighted by atomic mass is 10.2. The van der Waals surface area contributed by atoms with E-state index < -0.39 is 0 Å². The highest BCUT2D eigenvalue weighted by Gasteiger charge is 2.14. The van der Waals surface area contributed by atoms with Crippen molar-refractivity contribution < 1.29 is 4.79 Å². The van der Waals surface area contributed by atoms with E-state index in [0.29, 0.717) is 24.4 Å². The van der Waals surface area contributed by atoms with E-state index in [0.717, 1.165) is 0 Å². The Kier molecular flexibility index (Phi) is 1.31. The van der Waals surface area contributed by atoms with Crippen LogP contribution in [0.3, 0.4) is 0 Å². The molecule has 1 aromatic rings. The molecule has 0 saturated heterocycles. The van der Waals surface area contributed by atoms with Gasteiger partial charge < -0.3 is 4.98 Å². The maximum atomic E-state index is 11.2. The van der Waals surface area contributed by atoms with Crippen LogP contribution < -0.4 is 0 Å². The van der Waals surface area contributed by atoms with Gasteiger partial charge in [-0.2, -0.15) is 0 Å². The van der Waals surface area contributed by atoms with Crippen LogP contribution in [-0.2, 0) is 0 Å². The molecule has 11 heavy (non-hydrogen) atoms. The van der Waals surface area contributed by atoms with Crippen LogP contribution in [-0.4, -0.2) is 22.0 Å². The quantitative estimate of drug-likeness (QED) is 0.600. The number of hydrogen-bond donors (Lipinski definition) is 1. The van der Waals surface area contributed by atoms with Crippen LogP contribution in [0.5, 0.6) is 0 Å². The monoisotopic (exact) mass is 149 g/mol. The van der Waals surface area contributed by atoms with Crippen molar-refractivity contribution in [3.05, 3.63) is 12.0 Å². The molecule has 1 aromatic heterocycles. The molecule has 4 nitrogen and oxygen atoms in total. The van der Waals surface area contributed by atoms with Gasteiger partial charge in [-0.1, -0.05) is 0 Å². The molecule has 4 heteroatoms. The van der Waals surface area contributed by atoms with Gasteiger partial charge in [0.2, 0.25) is 0 Å². The summed E-state index contributed by atoms with van der Waals surface area (Å²) in [5, 5.41) is 0. The Morgan fingerprint density at radius 1 is 1.55 bits per heavy atom. The SMILES string of the molecule is O=C1CCC=Nc2nc[nH]c21. The first kappa shape index (κ1) is 6.27. The molecule has 0 bridgehead atoms. The first-order valence-corrected chi connectivity index (χ1v) is 3.47. The van der Waals surface area contributed by atoms with Gasteiger partial charge in [-0.15, -0.1) is 0 Å². The molecule has 0 spiro atoms. The number of aromatic amines is 1. The normalized spacial score (nSPS) is 16.2. The fourth-order valence-electron chi connectivity index (χ4n) is 1.06. The maximum Gasteiger partial charge on any atom is 0.183 e. The van der Waals surface area contributed by atoms with Gasteiger partial charge in [-0.3, -0.25) is 4.79 Å². The minimum Gasteiger partial charge on any atom is -0.340 e. The second-order valence-electron chi connectivity index (χ2n) is 2.37. The molecule has 2 heterocycles. The first-order valence-electron chi connectivity index (χ1n) is 3.47. The van der Waals surface area contributed by atoms with E-state index in [9.17, 15) is 4.79 Å². The Morgan fingerprint density at radius 2 is 2.45 bits per heavy atom. The van der Waals surface area contributed by atoms with Crippen molar-refractivity contribution in [2.24, 2.45) is 4.99 Å². The summed E-state index contributed by atoms with van der Waals surface area (Å²) in [4.78, 5) is 21.9. The Labute approximate surface area is 63.4 Å². The third-order valence-electron chi connectivity index (χ3n) is 1.61. The molecular formula is C7H7N3O. The molecule has 56 valence electrons. The molecular weight excluding hydrogens is 142 g/mol. The number of H-pyrrole nitrogens is 1. The van der Waals surface area contributed by atoms with Crippen LogP contribution in [0, 0.1) is 0 Å². The van der Waals surface area contributed by atoms with Crippen molar-refractivity contribution >= 4 is 17.8 Å². The average Bonchev–Trinajstić information content (AvgIpc) is 2.40. The van der Waals surface area contributed by atoms with Crippen molar-refractivity contribution in [3.63, 3.8) is 0 Å². The highest BCUT2D eigenvalue weighted by Crippen LogP contribution is 2.18. The smallest absolute Gasteiger partial charge is 0.183 e. The van der Waals surface area contributed by atoms with Crippen LogP contribution in [0.2, 0.25) is 0 Å². The molecule has 0 unspecified atom stereocenters. The molecule has 0 aromatic carbocycles. The van der Waals surface area contributed by atoms with E-state index in [2.05, 4.69) is 15.0 Å². The molecule has 1 N–H and O–H groups in total. The van der Waals surface area contributed by atoms with E-state index >= 15 is 0 Å². The first-order chi connectivity index (χ1) is 5.38. The zero-order valence-electron chi connectivity index (χ0n) is 5.87. The summed E-state index contributed by atoms with van der Waals surface area (Å²) in [7, 11) is 0. The average molecular weight is 149 g/mol. The van der Waals surface area contributed by atoms with E-state index in [1.54, 1.807) is 6.21 Å². The van der Waals surface area contributed by atoms with Gasteiger partial charge in [0.05, 0.1) is 6.33 Å². The Balaban J connectivity index is 2.53. The highest BCUT2D eigenvalue weighted by atomic mass is 16.1. The number of Topliss-reactive ketones (excluding diaryl/α,β-unsaturated/α-hetero) is 1. The summed E-state index contributed by atoms with van der Waals surface area (Å²) >= 11 is 0. The maximum absolute atomic E-state index is 11.2. The van der Waals surface area contributed by atoms with Crippen LogP contribution in [0.1, 0.15) is 23.3 Å². The van der Waals surface area contributed by atoms with Gasteiger partial charge in [0.15, 0.2) is 11.6 Å². The van der Waals surface area contributed by atoms with Gasteiger partial charge in [-0.05, 0) is 6.42 Å². The topological polar surface area (TPSA) is 58.1 Å². The van der Waals surface area contributed by atoms with Crippen molar-refractivity contribution in [3.8, 4) is 0 Å². The minimum atomic E-state index is 0.0926. The number of fused-ring (bicyclic) bond motifs is 1. The van der Waals surface area contributed by atoms with Crippen LogP contribution >= 0.6 is 0 Å². The van der Waals surface area contributed by atoms with E-state index in [-0.39, 0.29) is 5.78 Å². The lowest BCUT2D eigenvalue weighted by molar-refractivity contribution is 0.0982. The van der Waals surface area contributed by atoms with E-state index in [1.807, 2.05) is 0 Å². The summed E-state index contributed by atoms with van der Waals surface area (Å²) < 4.78 is 0. The van der Waals surface area contributed by atoms with Crippen molar-refractivity contribution in [1.29, 1.82) is 0 Å². The predicted molar refractivity (Wildman–Crippen MR) is 40.3 cm³/mol. The lowest BCUT2D eigenvalue weighted by Gasteiger charge is -1.90. The molecule has 0 amide bonds. The van der Waals surface area contributed by atoms with Gasteiger partial charge >= 0.3 is 0 Å². The second-order valence-corrected chi connectivity index (χ2v) is 2.37. The summed E-state index contributed by atoms with van der Waals surface area (Å²) in [6.45, 7) is 0. The van der Waals surface area contributed by atoms with Crippen LogP contribution in [0.15, 0.2) is 11.3 Å². The zero-order chi connectivity index (χ0) is 7.68. The standard InChI is InChI=1S/C7H7N3O/c11-5-2-1-3-8-7-6(5)9-4-10-7/h3-4H,1-2H2,(H,9,10). The summed E-state index contributed by atoms with van der Waals surface area (Å²) in [5.41, 5.74) is 0.541. The van der Waals surface area contributed by atoms with E-state index in [4.69, 9.17) is 0 Å². The molecule has 1 aliphatic heterocycles. The molecule has 0 atom stereocenters. The third kappa shape index (κ3) is 0.960. The Morgan fingerprint density at radius 3 is 3.36 bits per heavy atom. The number of rotatable bonds is 0. The fourth-order valence-corrected chi connectivity index (χ4v) is 1.06. The number of ketones is 1. The van der Waals surface area contributed by atoms with Gasteiger partial charge in [0.25, 0.3) is 0 Å². The van der Waals surface area contributed by atoms with Gasteiger partial charge in [-0.25, -0.2) is 9.98 Å². The highest BCUT2D eigenvalue weighted by molar-refractivity contribution is 6.00. The van der Waals surface area contributed by atoms with Crippen molar-refractivity contribution in [2.75, 3.05) is 0 Å². The van der Waals surface area contributed by atoms with Crippen LogP contribution in [0.25, 0.3) is 0 Å². The molecule has 0 saturated carbocycles. The summed E-state index contributed by atoms with van der Waals surface area (Å²) in [6, 6.07) is 0. The predicted octanol–water partition coefficient (Wildman–Crippen LogP) is 1.09. The zero-order valence-corrected chi connectivity index (χ0v) is 5.87. The molecule has 0 radical (unpaired) electrons. The lowest BCUT2D eigenvalue weighted by Crippen LogP contribution is -1.97. The van der Waals surface area contributed by atoms with Gasteiger partial charge in [0, 0.05) is 12.6 Å². The number of imidazole rings is 1. The molecule has 0 aliphatic carbocycles. The number of aromatic nitrogens is 2.